The highest BCUT2D eigenvalue weighted by atomic mass is 16.5. The van der Waals surface area contributed by atoms with Crippen LogP contribution in [0.5, 0.6) is 5.75 Å². The molecule has 2 rings (SSSR count). The third-order valence-corrected chi connectivity index (χ3v) is 4.63. The van der Waals surface area contributed by atoms with Gasteiger partial charge in [-0.3, -0.25) is 0 Å². The Labute approximate surface area is 153 Å². The molecule has 0 heterocycles. The lowest BCUT2D eigenvalue weighted by atomic mass is 10.0. The minimum absolute atomic E-state index is 0.375. The number of nitrogens with one attached hydrogen (secondary N) is 1. The molecule has 25 heavy (non-hydrogen) atoms. The molecule has 0 aliphatic heterocycles. The van der Waals surface area contributed by atoms with Gasteiger partial charge in [0, 0.05) is 12.6 Å². The second-order valence-corrected chi connectivity index (χ2v) is 6.81. The van der Waals surface area contributed by atoms with Crippen molar-refractivity contribution in [1.29, 1.82) is 0 Å². The summed E-state index contributed by atoms with van der Waals surface area (Å²) in [5.41, 5.74) is 3.96. The second-order valence-electron chi connectivity index (χ2n) is 6.81. The van der Waals surface area contributed by atoms with Crippen molar-refractivity contribution in [2.75, 3.05) is 6.61 Å². The molecule has 0 spiro atoms. The fourth-order valence-electron chi connectivity index (χ4n) is 2.96. The summed E-state index contributed by atoms with van der Waals surface area (Å²) in [5.74, 6) is 0.980. The molecule has 136 valence electrons. The van der Waals surface area contributed by atoms with Gasteiger partial charge in [0.1, 0.15) is 5.75 Å². The average Bonchev–Trinajstić information content (AvgIpc) is 2.64. The smallest absolute Gasteiger partial charge is 0.119 e. The highest BCUT2D eigenvalue weighted by molar-refractivity contribution is 5.29. The number of rotatable bonds is 11. The van der Waals surface area contributed by atoms with Crippen molar-refractivity contribution in [3.63, 3.8) is 0 Å². The number of hydrogen-bond acceptors (Lipinski definition) is 2. The molecule has 0 bridgehead atoms. The van der Waals surface area contributed by atoms with Gasteiger partial charge in [-0.1, -0.05) is 75.1 Å². The first-order valence-corrected chi connectivity index (χ1v) is 9.74. The maximum Gasteiger partial charge on any atom is 0.119 e. The van der Waals surface area contributed by atoms with E-state index in [-0.39, 0.29) is 0 Å². The van der Waals surface area contributed by atoms with Crippen LogP contribution in [0.1, 0.15) is 68.7 Å². The van der Waals surface area contributed by atoms with Gasteiger partial charge < -0.3 is 10.1 Å². The van der Waals surface area contributed by atoms with Gasteiger partial charge >= 0.3 is 0 Å². The largest absolute Gasteiger partial charge is 0.494 e. The Kier molecular flexibility index (Phi) is 8.54. The highest BCUT2D eigenvalue weighted by Crippen LogP contribution is 2.21. The summed E-state index contributed by atoms with van der Waals surface area (Å²) in [7, 11) is 0. The first-order chi connectivity index (χ1) is 12.2. The summed E-state index contributed by atoms with van der Waals surface area (Å²) in [4.78, 5) is 0. The molecule has 0 aliphatic rings. The lowest BCUT2D eigenvalue weighted by Gasteiger charge is -2.18. The molecular weight excluding hydrogens is 306 g/mol. The van der Waals surface area contributed by atoms with Crippen LogP contribution in [0.4, 0.5) is 0 Å². The first-order valence-electron chi connectivity index (χ1n) is 9.74. The monoisotopic (exact) mass is 339 g/mol. The SMILES string of the molecule is CCCCCCOc1ccc(C(CC)NCc2ccc(C)cc2)cc1. The van der Waals surface area contributed by atoms with E-state index in [2.05, 4.69) is 74.6 Å². The maximum absolute atomic E-state index is 5.84. The minimum Gasteiger partial charge on any atom is -0.494 e. The van der Waals surface area contributed by atoms with Crippen LogP contribution in [0.2, 0.25) is 0 Å². The summed E-state index contributed by atoms with van der Waals surface area (Å²) in [6.07, 6.45) is 6.04. The molecule has 2 heteroatoms. The Morgan fingerprint density at radius 2 is 1.60 bits per heavy atom. The summed E-state index contributed by atoms with van der Waals surface area (Å²) in [5, 5.41) is 3.67. The summed E-state index contributed by atoms with van der Waals surface area (Å²) in [6.45, 7) is 8.30. The molecular formula is C23H33NO. The number of hydrogen-bond donors (Lipinski definition) is 1. The lowest BCUT2D eigenvalue weighted by Crippen LogP contribution is -2.20. The molecule has 1 N–H and O–H groups in total. The van der Waals surface area contributed by atoms with Gasteiger partial charge in [-0.15, -0.1) is 0 Å². The number of unbranched alkanes of at least 4 members (excludes halogenated alkanes) is 3. The Hall–Kier alpha value is -1.80. The predicted octanol–water partition coefficient (Wildman–Crippen LogP) is 6.20. The van der Waals surface area contributed by atoms with E-state index in [4.69, 9.17) is 4.74 Å². The van der Waals surface area contributed by atoms with E-state index < -0.39 is 0 Å². The molecule has 0 radical (unpaired) electrons. The molecule has 0 aliphatic carbocycles. The van der Waals surface area contributed by atoms with Crippen LogP contribution in [0.15, 0.2) is 48.5 Å². The standard InChI is InChI=1S/C23H33NO/c1-4-6-7-8-17-25-22-15-13-21(14-16-22)23(5-2)24-18-20-11-9-19(3)10-12-20/h9-16,23-24H,4-8,17-18H2,1-3H3. The van der Waals surface area contributed by atoms with Crippen molar-refractivity contribution >= 4 is 0 Å². The van der Waals surface area contributed by atoms with Crippen molar-refractivity contribution in [1.82, 2.24) is 5.32 Å². The number of benzene rings is 2. The van der Waals surface area contributed by atoms with E-state index in [1.165, 1.54) is 36.0 Å². The predicted molar refractivity (Wildman–Crippen MR) is 107 cm³/mol. The zero-order chi connectivity index (χ0) is 17.9. The third-order valence-electron chi connectivity index (χ3n) is 4.63. The molecule has 0 aromatic heterocycles. The van der Waals surface area contributed by atoms with E-state index in [0.717, 1.165) is 31.7 Å². The van der Waals surface area contributed by atoms with Gasteiger partial charge in [-0.2, -0.15) is 0 Å². The molecule has 1 unspecified atom stereocenters. The normalized spacial score (nSPS) is 12.1. The van der Waals surface area contributed by atoms with Crippen molar-refractivity contribution in [3.8, 4) is 5.75 Å². The van der Waals surface area contributed by atoms with Gasteiger partial charge in [-0.05, 0) is 43.0 Å². The van der Waals surface area contributed by atoms with Crippen LogP contribution in [-0.4, -0.2) is 6.61 Å². The van der Waals surface area contributed by atoms with Gasteiger partial charge in [0.25, 0.3) is 0 Å². The van der Waals surface area contributed by atoms with Crippen LogP contribution in [-0.2, 0) is 6.54 Å². The third kappa shape index (κ3) is 6.91. The topological polar surface area (TPSA) is 21.3 Å². The van der Waals surface area contributed by atoms with Crippen LogP contribution in [0, 0.1) is 6.92 Å². The van der Waals surface area contributed by atoms with Crippen LogP contribution in [0.25, 0.3) is 0 Å². The maximum atomic E-state index is 5.84. The van der Waals surface area contributed by atoms with Crippen LogP contribution in [0.3, 0.4) is 0 Å². The fraction of sp³-hybridized carbons (Fsp3) is 0.478. The molecule has 2 aromatic carbocycles. The summed E-state index contributed by atoms with van der Waals surface area (Å²) in [6, 6.07) is 17.7. The van der Waals surface area contributed by atoms with Crippen LogP contribution >= 0.6 is 0 Å². The van der Waals surface area contributed by atoms with E-state index in [1.54, 1.807) is 0 Å². The zero-order valence-electron chi connectivity index (χ0n) is 16.1. The molecule has 2 nitrogen and oxygen atoms in total. The summed E-state index contributed by atoms with van der Waals surface area (Å²) >= 11 is 0. The van der Waals surface area contributed by atoms with E-state index >= 15 is 0 Å². The Morgan fingerprint density at radius 1 is 0.880 bits per heavy atom. The lowest BCUT2D eigenvalue weighted by molar-refractivity contribution is 0.305. The first kappa shape index (κ1) is 19.5. The van der Waals surface area contributed by atoms with Crippen molar-refractivity contribution < 1.29 is 4.74 Å². The second kappa shape index (κ2) is 10.9. The Bertz CT molecular complexity index is 588. The van der Waals surface area contributed by atoms with Gasteiger partial charge in [0.05, 0.1) is 6.61 Å². The number of ether oxygens (including phenoxy) is 1. The van der Waals surface area contributed by atoms with Gasteiger partial charge in [-0.25, -0.2) is 0 Å². The quantitative estimate of drug-likeness (QED) is 0.492. The highest BCUT2D eigenvalue weighted by Gasteiger charge is 2.09. The van der Waals surface area contributed by atoms with E-state index in [9.17, 15) is 0 Å². The molecule has 2 aromatic rings. The average molecular weight is 340 g/mol. The molecule has 0 amide bonds. The molecule has 0 saturated carbocycles. The van der Waals surface area contributed by atoms with Gasteiger partial charge in [0.15, 0.2) is 0 Å². The molecule has 0 saturated heterocycles. The minimum atomic E-state index is 0.375. The molecule has 1 atom stereocenters. The zero-order valence-corrected chi connectivity index (χ0v) is 16.1. The Morgan fingerprint density at radius 3 is 2.24 bits per heavy atom. The van der Waals surface area contributed by atoms with Crippen LogP contribution < -0.4 is 10.1 Å². The van der Waals surface area contributed by atoms with Crippen molar-refractivity contribution in [2.24, 2.45) is 0 Å². The van der Waals surface area contributed by atoms with Crippen molar-refractivity contribution in [3.05, 3.63) is 65.2 Å². The van der Waals surface area contributed by atoms with E-state index in [0.29, 0.717) is 6.04 Å². The van der Waals surface area contributed by atoms with E-state index in [1.807, 2.05) is 0 Å². The van der Waals surface area contributed by atoms with Crippen molar-refractivity contribution in [2.45, 2.75) is 65.5 Å². The van der Waals surface area contributed by atoms with Gasteiger partial charge in [0.2, 0.25) is 0 Å². The fourth-order valence-corrected chi connectivity index (χ4v) is 2.96. The number of aryl methyl sites for hydroxylation is 1. The summed E-state index contributed by atoms with van der Waals surface area (Å²) < 4.78 is 5.84. The molecule has 0 fully saturated rings. The Balaban J connectivity index is 1.82.